The molecule has 0 saturated heterocycles. The maximum absolute atomic E-state index is 11.0. The predicted molar refractivity (Wildman–Crippen MR) is 67.2 cm³/mol. The van der Waals surface area contributed by atoms with E-state index < -0.39 is 0 Å². The maximum Gasteiger partial charge on any atom is 0.123 e. The van der Waals surface area contributed by atoms with E-state index in [1.54, 1.807) is 0 Å². The van der Waals surface area contributed by atoms with Gasteiger partial charge in [0, 0.05) is 5.92 Å². The Morgan fingerprint density at radius 2 is 2.06 bits per heavy atom. The molecule has 0 amide bonds. The number of aldehydes is 1. The van der Waals surface area contributed by atoms with Gasteiger partial charge in [0.2, 0.25) is 0 Å². The van der Waals surface area contributed by atoms with Crippen molar-refractivity contribution in [2.45, 2.75) is 52.4 Å². The molecule has 3 atom stereocenters. The molecule has 3 unspecified atom stereocenters. The van der Waals surface area contributed by atoms with Crippen molar-refractivity contribution in [3.63, 3.8) is 0 Å². The van der Waals surface area contributed by atoms with E-state index in [1.165, 1.54) is 24.7 Å². The Morgan fingerprint density at radius 1 is 1.31 bits per heavy atom. The molecular formula is C15H24O. The van der Waals surface area contributed by atoms with Crippen LogP contribution in [0.25, 0.3) is 0 Å². The summed E-state index contributed by atoms with van der Waals surface area (Å²) < 4.78 is 0. The first-order chi connectivity index (χ1) is 7.54. The third kappa shape index (κ3) is 2.09. The SMILES string of the molecule is C=C1CCCC(C=O)CCC2C1CC2(C)C. The largest absolute Gasteiger partial charge is 0.303 e. The van der Waals surface area contributed by atoms with E-state index in [9.17, 15) is 4.79 Å². The van der Waals surface area contributed by atoms with Gasteiger partial charge in [-0.1, -0.05) is 26.0 Å². The molecule has 0 aromatic carbocycles. The van der Waals surface area contributed by atoms with Crippen LogP contribution in [0.3, 0.4) is 0 Å². The van der Waals surface area contributed by atoms with Gasteiger partial charge in [-0.2, -0.15) is 0 Å². The summed E-state index contributed by atoms with van der Waals surface area (Å²) in [7, 11) is 0. The maximum atomic E-state index is 11.0. The molecule has 16 heavy (non-hydrogen) atoms. The van der Waals surface area contributed by atoms with Crippen LogP contribution in [0, 0.1) is 23.2 Å². The molecule has 2 saturated carbocycles. The fourth-order valence-corrected chi connectivity index (χ4v) is 3.72. The van der Waals surface area contributed by atoms with E-state index in [-0.39, 0.29) is 0 Å². The molecule has 2 aliphatic rings. The van der Waals surface area contributed by atoms with Crippen molar-refractivity contribution >= 4 is 6.29 Å². The van der Waals surface area contributed by atoms with Gasteiger partial charge in [0.05, 0.1) is 0 Å². The van der Waals surface area contributed by atoms with E-state index in [0.29, 0.717) is 11.3 Å². The van der Waals surface area contributed by atoms with Crippen molar-refractivity contribution in [1.82, 2.24) is 0 Å². The molecule has 0 bridgehead atoms. The fourth-order valence-electron chi connectivity index (χ4n) is 3.72. The minimum atomic E-state index is 0.308. The van der Waals surface area contributed by atoms with Gasteiger partial charge in [0.25, 0.3) is 0 Å². The third-order valence-corrected chi connectivity index (χ3v) is 4.87. The van der Waals surface area contributed by atoms with E-state index in [0.717, 1.165) is 37.5 Å². The van der Waals surface area contributed by atoms with E-state index >= 15 is 0 Å². The highest BCUT2D eigenvalue weighted by molar-refractivity contribution is 5.53. The molecule has 1 nitrogen and oxygen atoms in total. The van der Waals surface area contributed by atoms with Gasteiger partial charge in [-0.15, -0.1) is 0 Å². The summed E-state index contributed by atoms with van der Waals surface area (Å²) in [5.74, 6) is 1.84. The van der Waals surface area contributed by atoms with Crippen molar-refractivity contribution in [3.05, 3.63) is 12.2 Å². The van der Waals surface area contributed by atoms with Gasteiger partial charge in [0.1, 0.15) is 6.29 Å². The van der Waals surface area contributed by atoms with Crippen LogP contribution >= 0.6 is 0 Å². The first kappa shape index (κ1) is 11.9. The normalized spacial score (nSPS) is 38.6. The molecule has 0 spiro atoms. The van der Waals surface area contributed by atoms with Gasteiger partial charge in [0.15, 0.2) is 0 Å². The first-order valence-corrected chi connectivity index (χ1v) is 6.67. The van der Waals surface area contributed by atoms with Crippen LogP contribution in [-0.2, 0) is 4.79 Å². The molecule has 2 aliphatic carbocycles. The predicted octanol–water partition coefficient (Wildman–Crippen LogP) is 3.98. The average Bonchev–Trinajstić information content (AvgIpc) is 2.28. The Hall–Kier alpha value is -0.590. The highest BCUT2D eigenvalue weighted by Gasteiger charge is 2.47. The van der Waals surface area contributed by atoms with Crippen molar-refractivity contribution in [2.24, 2.45) is 23.2 Å². The van der Waals surface area contributed by atoms with Crippen molar-refractivity contribution < 1.29 is 4.79 Å². The van der Waals surface area contributed by atoms with Gasteiger partial charge >= 0.3 is 0 Å². The minimum absolute atomic E-state index is 0.308. The summed E-state index contributed by atoms with van der Waals surface area (Å²) in [4.78, 5) is 11.0. The Morgan fingerprint density at radius 3 is 2.69 bits per heavy atom. The quantitative estimate of drug-likeness (QED) is 0.482. The van der Waals surface area contributed by atoms with Crippen molar-refractivity contribution in [2.75, 3.05) is 0 Å². The van der Waals surface area contributed by atoms with E-state index in [4.69, 9.17) is 0 Å². The van der Waals surface area contributed by atoms with E-state index in [2.05, 4.69) is 20.4 Å². The number of rotatable bonds is 1. The van der Waals surface area contributed by atoms with Gasteiger partial charge in [-0.3, -0.25) is 0 Å². The second kappa shape index (κ2) is 4.35. The number of allylic oxidation sites excluding steroid dienone is 1. The number of carbonyl (C=O) groups is 1. The number of hydrogen-bond acceptors (Lipinski definition) is 1. The van der Waals surface area contributed by atoms with Crippen LogP contribution in [0.1, 0.15) is 52.4 Å². The average molecular weight is 220 g/mol. The zero-order chi connectivity index (χ0) is 11.8. The lowest BCUT2D eigenvalue weighted by atomic mass is 9.52. The molecular weight excluding hydrogens is 196 g/mol. The molecule has 1 heteroatoms. The summed E-state index contributed by atoms with van der Waals surface area (Å²) in [5.41, 5.74) is 1.93. The van der Waals surface area contributed by atoms with Crippen LogP contribution in [0.5, 0.6) is 0 Å². The van der Waals surface area contributed by atoms with Gasteiger partial charge < -0.3 is 4.79 Å². The molecule has 2 rings (SSSR count). The van der Waals surface area contributed by atoms with Crippen molar-refractivity contribution in [3.8, 4) is 0 Å². The zero-order valence-corrected chi connectivity index (χ0v) is 10.7. The second-order valence-electron chi connectivity index (χ2n) is 6.43. The first-order valence-electron chi connectivity index (χ1n) is 6.67. The third-order valence-electron chi connectivity index (χ3n) is 4.87. The monoisotopic (exact) mass is 220 g/mol. The molecule has 0 radical (unpaired) electrons. The molecule has 0 aromatic heterocycles. The lowest BCUT2D eigenvalue weighted by molar-refractivity contribution is -0.111. The Kier molecular flexibility index (Phi) is 3.23. The van der Waals surface area contributed by atoms with Gasteiger partial charge in [-0.05, 0) is 55.8 Å². The van der Waals surface area contributed by atoms with Crippen LogP contribution in [0.15, 0.2) is 12.2 Å². The number of carbonyl (C=O) groups excluding carboxylic acids is 1. The number of hydrogen-bond donors (Lipinski definition) is 0. The minimum Gasteiger partial charge on any atom is -0.303 e. The lowest BCUT2D eigenvalue weighted by Crippen LogP contribution is -2.44. The van der Waals surface area contributed by atoms with Gasteiger partial charge in [-0.25, -0.2) is 0 Å². The Bertz CT molecular complexity index is 290. The standard InChI is InChI=1S/C15H24O/c1-11-5-4-6-12(10-16)7-8-14-13(11)9-15(14,2)3/h10,12-14H,1,4-9H2,2-3H3. The zero-order valence-electron chi connectivity index (χ0n) is 10.7. The highest BCUT2D eigenvalue weighted by atomic mass is 16.1. The Labute approximate surface area is 99.3 Å². The molecule has 0 aliphatic heterocycles. The second-order valence-corrected chi connectivity index (χ2v) is 6.43. The smallest absolute Gasteiger partial charge is 0.123 e. The molecule has 0 heterocycles. The van der Waals surface area contributed by atoms with Crippen LogP contribution in [0.4, 0.5) is 0 Å². The summed E-state index contributed by atoms with van der Waals surface area (Å²) in [6, 6.07) is 0. The summed E-state index contributed by atoms with van der Waals surface area (Å²) in [5, 5.41) is 0. The summed E-state index contributed by atoms with van der Waals surface area (Å²) >= 11 is 0. The Balaban J connectivity index is 2.07. The molecule has 90 valence electrons. The van der Waals surface area contributed by atoms with Crippen molar-refractivity contribution in [1.29, 1.82) is 0 Å². The fraction of sp³-hybridized carbons (Fsp3) is 0.800. The number of fused-ring (bicyclic) bond motifs is 1. The van der Waals surface area contributed by atoms with Crippen LogP contribution < -0.4 is 0 Å². The molecule has 2 fully saturated rings. The molecule has 0 aromatic rings. The van der Waals surface area contributed by atoms with Crippen LogP contribution in [0.2, 0.25) is 0 Å². The lowest BCUT2D eigenvalue weighted by Gasteiger charge is -2.53. The van der Waals surface area contributed by atoms with E-state index in [1.807, 2.05) is 0 Å². The topological polar surface area (TPSA) is 17.1 Å². The van der Waals surface area contributed by atoms with Crippen LogP contribution in [-0.4, -0.2) is 6.29 Å². The molecule has 0 N–H and O–H groups in total. The highest BCUT2D eigenvalue weighted by Crippen LogP contribution is 2.56. The summed E-state index contributed by atoms with van der Waals surface area (Å²) in [6.07, 6.45) is 8.17. The summed E-state index contributed by atoms with van der Waals surface area (Å²) in [6.45, 7) is 9.01.